The smallest absolute Gasteiger partial charge is 0.261 e. The first-order chi connectivity index (χ1) is 13.1. The monoisotopic (exact) mass is 358 g/mol. The van der Waals surface area contributed by atoms with Crippen LogP contribution in [0.1, 0.15) is 41.3 Å². The van der Waals surface area contributed by atoms with Gasteiger partial charge in [-0.05, 0) is 35.6 Å². The van der Waals surface area contributed by atoms with Crippen LogP contribution in [0, 0.1) is 0 Å². The molecule has 1 aliphatic rings. The third-order valence-corrected chi connectivity index (χ3v) is 4.86. The van der Waals surface area contributed by atoms with Gasteiger partial charge >= 0.3 is 0 Å². The van der Waals surface area contributed by atoms with Gasteiger partial charge in [-0.2, -0.15) is 0 Å². The number of anilines is 3. The van der Waals surface area contributed by atoms with Gasteiger partial charge in [0.25, 0.3) is 5.91 Å². The van der Waals surface area contributed by atoms with Crippen molar-refractivity contribution in [3.8, 4) is 0 Å². The minimum absolute atomic E-state index is 0.0610. The van der Waals surface area contributed by atoms with E-state index in [4.69, 9.17) is 0 Å². The number of para-hydroxylation sites is 2. The van der Waals surface area contributed by atoms with E-state index in [1.807, 2.05) is 36.4 Å². The number of hydrogen-bond donors (Lipinski definition) is 1. The number of nitrogens with zero attached hydrogens (tertiary/aromatic N) is 3. The number of hydrogen-bond acceptors (Lipinski definition) is 4. The summed E-state index contributed by atoms with van der Waals surface area (Å²) < 4.78 is 0. The zero-order chi connectivity index (χ0) is 18.8. The van der Waals surface area contributed by atoms with Gasteiger partial charge in [-0.3, -0.25) is 4.79 Å². The van der Waals surface area contributed by atoms with E-state index >= 15 is 0 Å². The molecule has 1 N–H and O–H groups in total. The molecule has 0 saturated heterocycles. The number of amides is 1. The van der Waals surface area contributed by atoms with E-state index in [2.05, 4.69) is 41.3 Å². The fourth-order valence-corrected chi connectivity index (χ4v) is 3.44. The van der Waals surface area contributed by atoms with Crippen molar-refractivity contribution in [1.82, 2.24) is 9.97 Å². The fraction of sp³-hybridized carbons (Fsp3) is 0.227. The SMILES string of the molecule is CC(C)c1ccccc1Nc1ncc(C(=O)N2CCc3ccccc32)cn1. The number of aromatic nitrogens is 2. The van der Waals surface area contributed by atoms with Gasteiger partial charge < -0.3 is 10.2 Å². The first-order valence-corrected chi connectivity index (χ1v) is 9.21. The molecule has 1 aromatic heterocycles. The summed E-state index contributed by atoms with van der Waals surface area (Å²) >= 11 is 0. The molecule has 3 aromatic rings. The summed E-state index contributed by atoms with van der Waals surface area (Å²) in [4.78, 5) is 23.4. The number of fused-ring (bicyclic) bond motifs is 1. The number of carbonyl (C=O) groups excluding carboxylic acids is 1. The lowest BCUT2D eigenvalue weighted by Gasteiger charge is -2.17. The molecular formula is C22H22N4O. The minimum atomic E-state index is -0.0610. The molecule has 0 unspecified atom stereocenters. The molecule has 0 fully saturated rings. The Kier molecular flexibility index (Phi) is 4.59. The molecule has 0 atom stereocenters. The van der Waals surface area contributed by atoms with Crippen LogP contribution in [-0.4, -0.2) is 22.4 Å². The first-order valence-electron chi connectivity index (χ1n) is 9.21. The summed E-state index contributed by atoms with van der Waals surface area (Å²) in [7, 11) is 0. The van der Waals surface area contributed by atoms with Crippen molar-refractivity contribution < 1.29 is 4.79 Å². The average Bonchev–Trinajstić information content (AvgIpc) is 3.12. The molecule has 4 rings (SSSR count). The Morgan fingerprint density at radius 3 is 2.52 bits per heavy atom. The largest absolute Gasteiger partial charge is 0.324 e. The van der Waals surface area contributed by atoms with E-state index in [1.165, 1.54) is 11.1 Å². The molecule has 27 heavy (non-hydrogen) atoms. The van der Waals surface area contributed by atoms with Crippen molar-refractivity contribution >= 4 is 23.2 Å². The number of benzene rings is 2. The van der Waals surface area contributed by atoms with Gasteiger partial charge in [0, 0.05) is 30.3 Å². The summed E-state index contributed by atoms with van der Waals surface area (Å²) in [6.45, 7) is 4.99. The van der Waals surface area contributed by atoms with Gasteiger partial charge in [0.15, 0.2) is 0 Å². The van der Waals surface area contributed by atoms with Crippen LogP contribution in [-0.2, 0) is 6.42 Å². The minimum Gasteiger partial charge on any atom is -0.324 e. The number of carbonyl (C=O) groups is 1. The molecule has 0 radical (unpaired) electrons. The molecule has 2 heterocycles. The summed E-state index contributed by atoms with van der Waals surface area (Å²) in [5.74, 6) is 0.820. The molecular weight excluding hydrogens is 336 g/mol. The number of nitrogens with one attached hydrogen (secondary N) is 1. The number of rotatable bonds is 4. The molecule has 0 spiro atoms. The summed E-state index contributed by atoms with van der Waals surface area (Å²) in [6, 6.07) is 16.1. The van der Waals surface area contributed by atoms with Crippen molar-refractivity contribution in [2.45, 2.75) is 26.2 Å². The maximum Gasteiger partial charge on any atom is 0.261 e. The molecule has 0 aliphatic carbocycles. The lowest BCUT2D eigenvalue weighted by Crippen LogP contribution is -2.29. The molecule has 5 heteroatoms. The van der Waals surface area contributed by atoms with E-state index in [0.29, 0.717) is 24.0 Å². The molecule has 136 valence electrons. The Morgan fingerprint density at radius 1 is 1.04 bits per heavy atom. The Morgan fingerprint density at radius 2 is 1.74 bits per heavy atom. The van der Waals surface area contributed by atoms with Gasteiger partial charge in [-0.25, -0.2) is 9.97 Å². The zero-order valence-corrected chi connectivity index (χ0v) is 15.5. The average molecular weight is 358 g/mol. The van der Waals surface area contributed by atoms with Crippen molar-refractivity contribution in [3.05, 3.63) is 77.6 Å². The molecule has 1 aliphatic heterocycles. The summed E-state index contributed by atoms with van der Waals surface area (Å²) in [5, 5.41) is 3.26. The molecule has 0 saturated carbocycles. The van der Waals surface area contributed by atoms with Gasteiger partial charge in [-0.15, -0.1) is 0 Å². The van der Waals surface area contributed by atoms with Gasteiger partial charge in [0.2, 0.25) is 5.95 Å². The van der Waals surface area contributed by atoms with Crippen LogP contribution < -0.4 is 10.2 Å². The van der Waals surface area contributed by atoms with Crippen molar-refractivity contribution in [1.29, 1.82) is 0 Å². The Hall–Kier alpha value is -3.21. The maximum absolute atomic E-state index is 12.8. The first kappa shape index (κ1) is 17.2. The van der Waals surface area contributed by atoms with Crippen LogP contribution in [0.4, 0.5) is 17.3 Å². The van der Waals surface area contributed by atoms with Crippen molar-refractivity contribution in [3.63, 3.8) is 0 Å². The normalized spacial score (nSPS) is 12.9. The molecule has 2 aromatic carbocycles. The van der Waals surface area contributed by atoms with Crippen LogP contribution in [0.5, 0.6) is 0 Å². The van der Waals surface area contributed by atoms with Crippen molar-refractivity contribution in [2.24, 2.45) is 0 Å². The van der Waals surface area contributed by atoms with Gasteiger partial charge in [0.05, 0.1) is 5.56 Å². The Labute approximate surface area is 159 Å². The topological polar surface area (TPSA) is 58.1 Å². The van der Waals surface area contributed by atoms with Crippen LogP contribution in [0.3, 0.4) is 0 Å². The maximum atomic E-state index is 12.8. The standard InChI is InChI=1S/C22H22N4O/c1-15(2)18-8-4-5-9-19(18)25-22-23-13-17(14-24-22)21(27)26-12-11-16-7-3-6-10-20(16)26/h3-10,13-15H,11-12H2,1-2H3,(H,23,24,25). The highest BCUT2D eigenvalue weighted by Gasteiger charge is 2.25. The lowest BCUT2D eigenvalue weighted by atomic mass is 10.0. The lowest BCUT2D eigenvalue weighted by molar-refractivity contribution is 0.0988. The predicted molar refractivity (Wildman–Crippen MR) is 108 cm³/mol. The quantitative estimate of drug-likeness (QED) is 0.743. The highest BCUT2D eigenvalue weighted by Crippen LogP contribution is 2.29. The van der Waals surface area contributed by atoms with E-state index < -0.39 is 0 Å². The third kappa shape index (κ3) is 3.40. The second-order valence-corrected chi connectivity index (χ2v) is 7.00. The van der Waals surface area contributed by atoms with Crippen LogP contribution in [0.15, 0.2) is 60.9 Å². The Balaban J connectivity index is 1.53. The highest BCUT2D eigenvalue weighted by molar-refractivity contribution is 6.07. The second kappa shape index (κ2) is 7.19. The van der Waals surface area contributed by atoms with Crippen LogP contribution in [0.2, 0.25) is 0 Å². The van der Waals surface area contributed by atoms with Gasteiger partial charge in [-0.1, -0.05) is 50.2 Å². The molecule has 0 bridgehead atoms. The second-order valence-electron chi connectivity index (χ2n) is 7.00. The summed E-state index contributed by atoms with van der Waals surface area (Å²) in [5.41, 5.74) is 4.87. The van der Waals surface area contributed by atoms with Crippen molar-refractivity contribution in [2.75, 3.05) is 16.8 Å². The summed E-state index contributed by atoms with van der Waals surface area (Å²) in [6.07, 6.45) is 4.07. The van der Waals surface area contributed by atoms with E-state index in [-0.39, 0.29) is 5.91 Å². The zero-order valence-electron chi connectivity index (χ0n) is 15.5. The fourth-order valence-electron chi connectivity index (χ4n) is 3.44. The van der Waals surface area contributed by atoms with E-state index in [1.54, 1.807) is 17.3 Å². The Bertz CT molecular complexity index is 966. The van der Waals surface area contributed by atoms with E-state index in [9.17, 15) is 4.79 Å². The highest BCUT2D eigenvalue weighted by atomic mass is 16.2. The third-order valence-electron chi connectivity index (χ3n) is 4.86. The predicted octanol–water partition coefficient (Wildman–Crippen LogP) is 4.55. The molecule has 5 nitrogen and oxygen atoms in total. The van der Waals surface area contributed by atoms with Crippen LogP contribution >= 0.6 is 0 Å². The molecule has 1 amide bonds. The van der Waals surface area contributed by atoms with Crippen LogP contribution in [0.25, 0.3) is 0 Å². The van der Waals surface area contributed by atoms with E-state index in [0.717, 1.165) is 17.8 Å². The van der Waals surface area contributed by atoms with Gasteiger partial charge in [0.1, 0.15) is 0 Å².